The predicted octanol–water partition coefficient (Wildman–Crippen LogP) is 2.85. The normalized spacial score (nSPS) is 12.3. The van der Waals surface area contributed by atoms with E-state index in [0.29, 0.717) is 19.0 Å². The van der Waals surface area contributed by atoms with Crippen LogP contribution in [-0.4, -0.2) is 25.8 Å². The van der Waals surface area contributed by atoms with Gasteiger partial charge in [-0.25, -0.2) is 12.8 Å². The molecule has 0 spiro atoms. The third-order valence-electron chi connectivity index (χ3n) is 3.57. The lowest BCUT2D eigenvalue weighted by Gasteiger charge is -2.25. The molecule has 1 rings (SSSR count). The van der Waals surface area contributed by atoms with Crippen LogP contribution in [0.4, 0.5) is 10.1 Å². The van der Waals surface area contributed by atoms with Crippen LogP contribution in [0.5, 0.6) is 0 Å². The van der Waals surface area contributed by atoms with E-state index in [4.69, 9.17) is 5.73 Å². The lowest BCUT2D eigenvalue weighted by atomic mass is 10.0. The van der Waals surface area contributed by atoms with Gasteiger partial charge in [-0.1, -0.05) is 33.6 Å². The minimum Gasteiger partial charge on any atom is -0.396 e. The number of nitrogens with two attached hydrogens (primary N) is 1. The first-order valence-electron chi connectivity index (χ1n) is 6.91. The van der Waals surface area contributed by atoms with E-state index < -0.39 is 15.8 Å². The first kappa shape index (κ1) is 16.9. The van der Waals surface area contributed by atoms with E-state index in [1.54, 1.807) is 6.92 Å². The van der Waals surface area contributed by atoms with E-state index in [0.717, 1.165) is 18.9 Å². The number of nitrogens with zero attached hydrogens (tertiary/aromatic N) is 1. The molecule has 0 aliphatic rings. The van der Waals surface area contributed by atoms with E-state index in [1.165, 1.54) is 16.4 Å². The zero-order chi connectivity index (χ0) is 15.3. The van der Waals surface area contributed by atoms with E-state index in [1.807, 2.05) is 13.8 Å². The Morgan fingerprint density at radius 3 is 2.30 bits per heavy atom. The molecule has 0 aliphatic carbocycles. The minimum atomic E-state index is -3.62. The predicted molar refractivity (Wildman–Crippen MR) is 79.3 cm³/mol. The number of hydrogen-bond donors (Lipinski definition) is 1. The Labute approximate surface area is 120 Å². The van der Waals surface area contributed by atoms with Crippen molar-refractivity contribution in [1.29, 1.82) is 0 Å². The van der Waals surface area contributed by atoms with Gasteiger partial charge in [0.1, 0.15) is 5.82 Å². The molecule has 1 aromatic rings. The van der Waals surface area contributed by atoms with Crippen molar-refractivity contribution in [2.45, 2.75) is 38.5 Å². The lowest BCUT2D eigenvalue weighted by Crippen LogP contribution is -2.35. The number of nitrogen functional groups attached to an aromatic ring is 1. The molecule has 6 heteroatoms. The number of hydrogen-bond acceptors (Lipinski definition) is 3. The fraction of sp³-hybridized carbons (Fsp3) is 0.571. The summed E-state index contributed by atoms with van der Waals surface area (Å²) in [4.78, 5) is 0.0456. The molecule has 0 atom stereocenters. The first-order valence-corrected chi connectivity index (χ1v) is 8.35. The maximum Gasteiger partial charge on any atom is 0.243 e. The number of halogens is 1. The van der Waals surface area contributed by atoms with Crippen molar-refractivity contribution in [3.05, 3.63) is 24.0 Å². The molecule has 0 heterocycles. The Morgan fingerprint density at radius 1 is 1.25 bits per heavy atom. The lowest BCUT2D eigenvalue weighted by molar-refractivity contribution is 0.339. The van der Waals surface area contributed by atoms with Crippen LogP contribution < -0.4 is 5.73 Å². The molecule has 0 saturated heterocycles. The molecule has 0 unspecified atom stereocenters. The maximum atomic E-state index is 13.2. The average molecular weight is 302 g/mol. The summed E-state index contributed by atoms with van der Waals surface area (Å²) in [6, 6.07) is 3.53. The molecule has 4 nitrogen and oxygen atoms in total. The SMILES string of the molecule is CCC(CC)CN(CC)S(=O)(=O)c1ccc(F)c(N)c1. The second kappa shape index (κ2) is 7.04. The van der Waals surface area contributed by atoms with Crippen LogP contribution in [0.2, 0.25) is 0 Å². The number of rotatable bonds is 7. The van der Waals surface area contributed by atoms with Crippen molar-refractivity contribution in [3.63, 3.8) is 0 Å². The summed E-state index contributed by atoms with van der Waals surface area (Å²) < 4.78 is 39.7. The van der Waals surface area contributed by atoms with Crippen LogP contribution in [0.15, 0.2) is 23.1 Å². The third kappa shape index (κ3) is 3.70. The van der Waals surface area contributed by atoms with Gasteiger partial charge in [-0.05, 0) is 24.1 Å². The van der Waals surface area contributed by atoms with E-state index in [-0.39, 0.29) is 10.6 Å². The molecular weight excluding hydrogens is 279 g/mol. The molecule has 0 aromatic heterocycles. The molecule has 20 heavy (non-hydrogen) atoms. The Morgan fingerprint density at radius 2 is 1.85 bits per heavy atom. The van der Waals surface area contributed by atoms with Crippen molar-refractivity contribution in [3.8, 4) is 0 Å². The van der Waals surface area contributed by atoms with Gasteiger partial charge < -0.3 is 5.73 Å². The summed E-state index contributed by atoms with van der Waals surface area (Å²) in [6.07, 6.45) is 1.85. The number of sulfonamides is 1. The molecule has 0 fully saturated rings. The monoisotopic (exact) mass is 302 g/mol. The number of benzene rings is 1. The topological polar surface area (TPSA) is 63.4 Å². The molecule has 1 aromatic carbocycles. The molecule has 0 aliphatic heterocycles. The molecule has 2 N–H and O–H groups in total. The summed E-state index contributed by atoms with van der Waals surface area (Å²) in [7, 11) is -3.62. The van der Waals surface area contributed by atoms with Gasteiger partial charge in [0.2, 0.25) is 10.0 Å². The number of anilines is 1. The Kier molecular flexibility index (Phi) is 5.95. The van der Waals surface area contributed by atoms with Gasteiger partial charge in [-0.2, -0.15) is 4.31 Å². The van der Waals surface area contributed by atoms with Crippen LogP contribution in [0.25, 0.3) is 0 Å². The largest absolute Gasteiger partial charge is 0.396 e. The Hall–Kier alpha value is -1.14. The first-order chi connectivity index (χ1) is 9.36. The average Bonchev–Trinajstić information content (AvgIpc) is 2.42. The summed E-state index contributed by atoms with van der Waals surface area (Å²) in [5, 5.41) is 0. The van der Waals surface area contributed by atoms with Crippen LogP contribution >= 0.6 is 0 Å². The smallest absolute Gasteiger partial charge is 0.243 e. The van der Waals surface area contributed by atoms with E-state index >= 15 is 0 Å². The highest BCUT2D eigenvalue weighted by molar-refractivity contribution is 7.89. The zero-order valence-corrected chi connectivity index (χ0v) is 13.1. The molecule has 0 bridgehead atoms. The molecule has 114 valence electrons. The van der Waals surface area contributed by atoms with Crippen molar-refractivity contribution >= 4 is 15.7 Å². The van der Waals surface area contributed by atoms with Gasteiger partial charge in [0.25, 0.3) is 0 Å². The van der Waals surface area contributed by atoms with Crippen molar-refractivity contribution in [2.75, 3.05) is 18.8 Å². The van der Waals surface area contributed by atoms with E-state index in [2.05, 4.69) is 0 Å². The van der Waals surface area contributed by atoms with E-state index in [9.17, 15) is 12.8 Å². The molecule has 0 radical (unpaired) electrons. The van der Waals surface area contributed by atoms with Crippen LogP contribution in [0.3, 0.4) is 0 Å². The second-order valence-corrected chi connectivity index (χ2v) is 6.76. The van der Waals surface area contributed by atoms with Crippen LogP contribution in [0, 0.1) is 11.7 Å². The zero-order valence-electron chi connectivity index (χ0n) is 12.3. The molecular formula is C14H23FN2O2S. The van der Waals surface area contributed by atoms with Crippen molar-refractivity contribution in [1.82, 2.24) is 4.31 Å². The van der Waals surface area contributed by atoms with Gasteiger partial charge in [-0.3, -0.25) is 0 Å². The van der Waals surface area contributed by atoms with Gasteiger partial charge in [0.15, 0.2) is 0 Å². The fourth-order valence-corrected chi connectivity index (χ4v) is 3.62. The van der Waals surface area contributed by atoms with Crippen LogP contribution in [-0.2, 0) is 10.0 Å². The standard InChI is InChI=1S/C14H23FN2O2S/c1-4-11(5-2)10-17(6-3)20(18,19)12-7-8-13(15)14(16)9-12/h7-9,11H,4-6,10,16H2,1-3H3. The molecule has 0 amide bonds. The Bertz CT molecular complexity index is 542. The highest BCUT2D eigenvalue weighted by atomic mass is 32.2. The minimum absolute atomic E-state index is 0.0456. The Balaban J connectivity index is 3.08. The quantitative estimate of drug-likeness (QED) is 0.788. The van der Waals surface area contributed by atoms with Crippen molar-refractivity contribution in [2.24, 2.45) is 5.92 Å². The molecule has 0 saturated carbocycles. The third-order valence-corrected chi connectivity index (χ3v) is 5.51. The highest BCUT2D eigenvalue weighted by Gasteiger charge is 2.25. The summed E-state index contributed by atoms with van der Waals surface area (Å²) >= 11 is 0. The van der Waals surface area contributed by atoms with Gasteiger partial charge in [0, 0.05) is 13.1 Å². The summed E-state index contributed by atoms with van der Waals surface area (Å²) in [5.41, 5.74) is 5.31. The van der Waals surface area contributed by atoms with Gasteiger partial charge >= 0.3 is 0 Å². The van der Waals surface area contributed by atoms with Gasteiger partial charge in [-0.15, -0.1) is 0 Å². The van der Waals surface area contributed by atoms with Crippen LogP contribution in [0.1, 0.15) is 33.6 Å². The highest BCUT2D eigenvalue weighted by Crippen LogP contribution is 2.22. The summed E-state index contributed by atoms with van der Waals surface area (Å²) in [6.45, 7) is 6.75. The second-order valence-electron chi connectivity index (χ2n) is 4.82. The maximum absolute atomic E-state index is 13.2. The van der Waals surface area contributed by atoms with Crippen molar-refractivity contribution < 1.29 is 12.8 Å². The summed E-state index contributed by atoms with van der Waals surface area (Å²) in [5.74, 6) is -0.283. The fourth-order valence-electron chi connectivity index (χ4n) is 2.06. The van der Waals surface area contributed by atoms with Gasteiger partial charge in [0.05, 0.1) is 10.6 Å².